The maximum Gasteiger partial charge on any atom is 0.254 e. The van der Waals surface area contributed by atoms with Crippen molar-refractivity contribution >= 4 is 17.5 Å². The van der Waals surface area contributed by atoms with Crippen molar-refractivity contribution < 1.29 is 9.59 Å². The van der Waals surface area contributed by atoms with Crippen molar-refractivity contribution in [2.45, 2.75) is 51.1 Å². The van der Waals surface area contributed by atoms with E-state index in [4.69, 9.17) is 0 Å². The van der Waals surface area contributed by atoms with Gasteiger partial charge in [0.2, 0.25) is 5.91 Å². The summed E-state index contributed by atoms with van der Waals surface area (Å²) in [5.74, 6) is -0.144. The molecule has 1 aliphatic carbocycles. The quantitative estimate of drug-likeness (QED) is 0.854. The van der Waals surface area contributed by atoms with E-state index in [1.165, 1.54) is 6.42 Å². The lowest BCUT2D eigenvalue weighted by atomic mass is 9.93. The first-order chi connectivity index (χ1) is 9.68. The number of carbonyl (C=O) groups is 2. The van der Waals surface area contributed by atoms with Gasteiger partial charge in [0, 0.05) is 6.04 Å². The number of benzene rings is 1. The summed E-state index contributed by atoms with van der Waals surface area (Å²) in [5, 5.41) is 2.79. The van der Waals surface area contributed by atoms with Crippen LogP contribution in [0.25, 0.3) is 0 Å². The molecule has 0 aromatic heterocycles. The number of carbonyl (C=O) groups excluding carboxylic acids is 2. The maximum atomic E-state index is 12.7. The summed E-state index contributed by atoms with van der Waals surface area (Å²) < 4.78 is 0. The predicted molar refractivity (Wildman–Crippen MR) is 77.7 cm³/mol. The van der Waals surface area contributed by atoms with E-state index in [1.807, 2.05) is 23.1 Å². The van der Waals surface area contributed by atoms with Crippen LogP contribution in [0.3, 0.4) is 0 Å². The Labute approximate surface area is 119 Å². The number of hydrogen-bond acceptors (Lipinski definition) is 2. The van der Waals surface area contributed by atoms with Gasteiger partial charge in [0.25, 0.3) is 5.91 Å². The molecule has 0 spiro atoms. The Morgan fingerprint density at radius 1 is 1.10 bits per heavy atom. The van der Waals surface area contributed by atoms with E-state index < -0.39 is 6.04 Å². The van der Waals surface area contributed by atoms with E-state index in [0.717, 1.165) is 31.4 Å². The highest BCUT2D eigenvalue weighted by Crippen LogP contribution is 2.31. The average molecular weight is 272 g/mol. The molecule has 4 heteroatoms. The van der Waals surface area contributed by atoms with Crippen molar-refractivity contribution in [3.8, 4) is 0 Å². The van der Waals surface area contributed by atoms with Gasteiger partial charge in [-0.25, -0.2) is 0 Å². The van der Waals surface area contributed by atoms with Gasteiger partial charge in [-0.2, -0.15) is 0 Å². The van der Waals surface area contributed by atoms with E-state index in [2.05, 4.69) is 5.32 Å². The second kappa shape index (κ2) is 5.27. The van der Waals surface area contributed by atoms with Gasteiger partial charge in [0.05, 0.1) is 11.3 Å². The molecule has 4 nitrogen and oxygen atoms in total. The summed E-state index contributed by atoms with van der Waals surface area (Å²) in [4.78, 5) is 26.7. The maximum absolute atomic E-state index is 12.7. The Morgan fingerprint density at radius 3 is 2.55 bits per heavy atom. The van der Waals surface area contributed by atoms with Crippen molar-refractivity contribution in [3.63, 3.8) is 0 Å². The minimum absolute atomic E-state index is 0.00944. The SMILES string of the molecule is CC1NC(=O)c2ccccc2N(C2CCCCC2)C1=O. The third kappa shape index (κ3) is 2.19. The van der Waals surface area contributed by atoms with Gasteiger partial charge in [0.1, 0.15) is 6.04 Å². The van der Waals surface area contributed by atoms with Crippen LogP contribution in [-0.2, 0) is 4.79 Å². The minimum Gasteiger partial charge on any atom is -0.340 e. The van der Waals surface area contributed by atoms with Crippen LogP contribution in [0.15, 0.2) is 24.3 Å². The summed E-state index contributed by atoms with van der Waals surface area (Å²) in [7, 11) is 0. The Balaban J connectivity index is 2.06. The molecule has 1 atom stereocenters. The van der Waals surface area contributed by atoms with E-state index in [0.29, 0.717) is 5.56 Å². The molecule has 106 valence electrons. The standard InChI is InChI=1S/C16H20N2O2/c1-11-16(20)18(12-7-3-2-4-8-12)14-10-6-5-9-13(14)15(19)17-11/h5-6,9-12H,2-4,7-8H2,1H3,(H,17,19). The average Bonchev–Trinajstić information content (AvgIpc) is 2.57. The summed E-state index contributed by atoms with van der Waals surface area (Å²) in [6.45, 7) is 1.77. The number of nitrogens with one attached hydrogen (secondary N) is 1. The van der Waals surface area contributed by atoms with E-state index >= 15 is 0 Å². The van der Waals surface area contributed by atoms with Crippen LogP contribution in [0.4, 0.5) is 5.69 Å². The number of amides is 2. The number of anilines is 1. The molecular weight excluding hydrogens is 252 g/mol. The third-order valence-corrected chi connectivity index (χ3v) is 4.30. The molecule has 2 aliphatic rings. The zero-order chi connectivity index (χ0) is 14.1. The van der Waals surface area contributed by atoms with Gasteiger partial charge in [-0.1, -0.05) is 31.4 Å². The van der Waals surface area contributed by atoms with E-state index in [1.54, 1.807) is 13.0 Å². The highest BCUT2D eigenvalue weighted by atomic mass is 16.2. The Kier molecular flexibility index (Phi) is 3.47. The number of hydrogen-bond donors (Lipinski definition) is 1. The lowest BCUT2D eigenvalue weighted by Gasteiger charge is -2.35. The summed E-state index contributed by atoms with van der Waals surface area (Å²) in [6.07, 6.45) is 5.62. The lowest BCUT2D eigenvalue weighted by Crippen LogP contribution is -2.48. The molecule has 1 aliphatic heterocycles. The van der Waals surface area contributed by atoms with Gasteiger partial charge >= 0.3 is 0 Å². The normalized spacial score (nSPS) is 24.1. The Hall–Kier alpha value is -1.84. The van der Waals surface area contributed by atoms with Gasteiger partial charge in [0.15, 0.2) is 0 Å². The monoisotopic (exact) mass is 272 g/mol. The smallest absolute Gasteiger partial charge is 0.254 e. The van der Waals surface area contributed by atoms with Crippen molar-refractivity contribution in [1.82, 2.24) is 5.32 Å². The number of para-hydroxylation sites is 1. The first-order valence-corrected chi connectivity index (χ1v) is 7.41. The molecule has 0 bridgehead atoms. The second-order valence-electron chi connectivity index (χ2n) is 5.71. The van der Waals surface area contributed by atoms with Crippen molar-refractivity contribution in [2.75, 3.05) is 4.90 Å². The minimum atomic E-state index is -0.461. The highest BCUT2D eigenvalue weighted by Gasteiger charge is 2.35. The Bertz CT molecular complexity index is 535. The van der Waals surface area contributed by atoms with Crippen LogP contribution in [-0.4, -0.2) is 23.9 Å². The molecule has 0 radical (unpaired) electrons. The molecule has 1 heterocycles. The highest BCUT2D eigenvalue weighted by molar-refractivity contribution is 6.11. The zero-order valence-electron chi connectivity index (χ0n) is 11.8. The molecule has 1 saturated carbocycles. The fourth-order valence-electron chi connectivity index (χ4n) is 3.26. The number of rotatable bonds is 1. The molecule has 1 aromatic rings. The van der Waals surface area contributed by atoms with Gasteiger partial charge < -0.3 is 10.2 Å². The summed E-state index contributed by atoms with van der Waals surface area (Å²) in [6, 6.07) is 7.19. The lowest BCUT2D eigenvalue weighted by molar-refractivity contribution is -0.120. The topological polar surface area (TPSA) is 49.4 Å². The van der Waals surface area contributed by atoms with Crippen molar-refractivity contribution in [3.05, 3.63) is 29.8 Å². The summed E-state index contributed by atoms with van der Waals surface area (Å²) >= 11 is 0. The molecule has 20 heavy (non-hydrogen) atoms. The van der Waals surface area contributed by atoms with E-state index in [9.17, 15) is 9.59 Å². The largest absolute Gasteiger partial charge is 0.340 e. The number of fused-ring (bicyclic) bond motifs is 1. The molecule has 3 rings (SSSR count). The van der Waals surface area contributed by atoms with Crippen molar-refractivity contribution in [2.24, 2.45) is 0 Å². The predicted octanol–water partition coefficient (Wildman–Crippen LogP) is 2.48. The van der Waals surface area contributed by atoms with Crippen LogP contribution in [0, 0.1) is 0 Å². The second-order valence-corrected chi connectivity index (χ2v) is 5.71. The van der Waals surface area contributed by atoms with Crippen LogP contribution >= 0.6 is 0 Å². The van der Waals surface area contributed by atoms with Crippen molar-refractivity contribution in [1.29, 1.82) is 0 Å². The summed E-state index contributed by atoms with van der Waals surface area (Å²) in [5.41, 5.74) is 1.38. The fraction of sp³-hybridized carbons (Fsp3) is 0.500. The molecule has 1 fully saturated rings. The third-order valence-electron chi connectivity index (χ3n) is 4.30. The molecule has 1 N–H and O–H groups in total. The van der Waals surface area contributed by atoms with Crippen LogP contribution < -0.4 is 10.2 Å². The zero-order valence-corrected chi connectivity index (χ0v) is 11.8. The van der Waals surface area contributed by atoms with Gasteiger partial charge in [-0.05, 0) is 31.9 Å². The molecule has 0 saturated heterocycles. The molecular formula is C16H20N2O2. The van der Waals surface area contributed by atoms with Crippen LogP contribution in [0.5, 0.6) is 0 Å². The Morgan fingerprint density at radius 2 is 1.80 bits per heavy atom. The number of nitrogens with zero attached hydrogens (tertiary/aromatic N) is 1. The fourth-order valence-corrected chi connectivity index (χ4v) is 3.26. The van der Waals surface area contributed by atoms with Crippen LogP contribution in [0.2, 0.25) is 0 Å². The first-order valence-electron chi connectivity index (χ1n) is 7.41. The molecule has 1 unspecified atom stereocenters. The molecule has 2 amide bonds. The van der Waals surface area contributed by atoms with Gasteiger partial charge in [-0.15, -0.1) is 0 Å². The van der Waals surface area contributed by atoms with Gasteiger partial charge in [-0.3, -0.25) is 9.59 Å². The molecule has 1 aromatic carbocycles. The van der Waals surface area contributed by atoms with Crippen LogP contribution in [0.1, 0.15) is 49.4 Å². The first kappa shape index (κ1) is 13.2. The van der Waals surface area contributed by atoms with E-state index in [-0.39, 0.29) is 17.9 Å².